The minimum atomic E-state index is 0.0739. The summed E-state index contributed by atoms with van der Waals surface area (Å²) >= 11 is 0. The zero-order chi connectivity index (χ0) is 16.0. The number of rotatable bonds is 2. The molecule has 4 heteroatoms. The van der Waals surface area contributed by atoms with Crippen molar-refractivity contribution in [3.05, 3.63) is 60.0 Å². The number of aromatic nitrogens is 2. The number of anilines is 1. The molecule has 4 rings (SSSR count). The van der Waals surface area contributed by atoms with Gasteiger partial charge in [-0.15, -0.1) is 0 Å². The van der Waals surface area contributed by atoms with Crippen LogP contribution in [-0.4, -0.2) is 21.5 Å². The molecule has 0 spiro atoms. The van der Waals surface area contributed by atoms with Crippen molar-refractivity contribution in [3.8, 4) is 0 Å². The molecule has 0 fully saturated rings. The van der Waals surface area contributed by atoms with Gasteiger partial charge in [0.05, 0.1) is 11.9 Å². The molecule has 0 N–H and O–H groups in total. The molecular weight excluding hydrogens is 286 g/mol. The molecule has 2 aromatic heterocycles. The molecule has 0 saturated carbocycles. The first-order valence-electron chi connectivity index (χ1n) is 8.06. The smallest absolute Gasteiger partial charge is 0.275 e. The molecule has 1 unspecified atom stereocenters. The van der Waals surface area contributed by atoms with E-state index >= 15 is 0 Å². The van der Waals surface area contributed by atoms with Gasteiger partial charge in [-0.3, -0.25) is 9.78 Å². The molecule has 1 aliphatic heterocycles. The third kappa shape index (κ3) is 1.98. The number of hydrogen-bond donors (Lipinski definition) is 0. The third-order valence-electron chi connectivity index (χ3n) is 4.68. The number of hydrogen-bond acceptors (Lipinski definition) is 2. The predicted molar refractivity (Wildman–Crippen MR) is 91.8 cm³/mol. The lowest BCUT2D eigenvalue weighted by Gasteiger charge is -2.33. The van der Waals surface area contributed by atoms with Crippen LogP contribution < -0.4 is 4.90 Å². The van der Waals surface area contributed by atoms with Crippen LogP contribution in [0, 0.1) is 0 Å². The summed E-state index contributed by atoms with van der Waals surface area (Å²) in [6, 6.07) is 12.3. The summed E-state index contributed by atoms with van der Waals surface area (Å²) in [5, 5.41) is 1.20. The van der Waals surface area contributed by atoms with Crippen LogP contribution in [-0.2, 0) is 13.0 Å². The third-order valence-corrected chi connectivity index (χ3v) is 4.68. The summed E-state index contributed by atoms with van der Waals surface area (Å²) in [6.45, 7) is 4.98. The number of carbonyl (C=O) groups excluding carboxylic acids is 1. The van der Waals surface area contributed by atoms with Crippen molar-refractivity contribution < 1.29 is 4.79 Å². The maximum absolute atomic E-state index is 13.3. The number of nitrogens with zero attached hydrogens (tertiary/aromatic N) is 3. The Labute approximate surface area is 135 Å². The van der Waals surface area contributed by atoms with Gasteiger partial charge in [0, 0.05) is 29.7 Å². The summed E-state index contributed by atoms with van der Waals surface area (Å²) in [5.74, 6) is 0.0739. The second-order valence-electron chi connectivity index (χ2n) is 6.03. The Morgan fingerprint density at radius 1 is 1.22 bits per heavy atom. The summed E-state index contributed by atoms with van der Waals surface area (Å²) in [6.07, 6.45) is 4.36. The molecule has 23 heavy (non-hydrogen) atoms. The van der Waals surface area contributed by atoms with Gasteiger partial charge in [-0.25, -0.2) is 0 Å². The van der Waals surface area contributed by atoms with Gasteiger partial charge in [0.2, 0.25) is 0 Å². The van der Waals surface area contributed by atoms with Crippen LogP contribution in [0.5, 0.6) is 0 Å². The fraction of sp³-hybridized carbons (Fsp3) is 0.263. The molecule has 1 aromatic carbocycles. The molecule has 3 heterocycles. The van der Waals surface area contributed by atoms with Gasteiger partial charge in [-0.05, 0) is 44.0 Å². The van der Waals surface area contributed by atoms with Crippen LogP contribution in [0.15, 0.2) is 48.8 Å². The zero-order valence-corrected chi connectivity index (χ0v) is 13.4. The van der Waals surface area contributed by atoms with E-state index in [9.17, 15) is 4.79 Å². The highest BCUT2D eigenvalue weighted by Crippen LogP contribution is 2.34. The summed E-state index contributed by atoms with van der Waals surface area (Å²) in [5.41, 5.74) is 4.02. The van der Waals surface area contributed by atoms with Crippen LogP contribution >= 0.6 is 0 Å². The van der Waals surface area contributed by atoms with Gasteiger partial charge in [0.1, 0.15) is 5.69 Å². The maximum Gasteiger partial charge on any atom is 0.275 e. The van der Waals surface area contributed by atoms with Crippen molar-refractivity contribution in [1.29, 1.82) is 0 Å². The lowest BCUT2D eigenvalue weighted by Crippen LogP contribution is -2.45. The van der Waals surface area contributed by atoms with Crippen LogP contribution in [0.1, 0.15) is 29.9 Å². The molecule has 116 valence electrons. The fourth-order valence-corrected chi connectivity index (χ4v) is 3.72. The highest BCUT2D eigenvalue weighted by atomic mass is 16.2. The van der Waals surface area contributed by atoms with Gasteiger partial charge in [0.25, 0.3) is 5.91 Å². The van der Waals surface area contributed by atoms with E-state index in [0.717, 1.165) is 29.9 Å². The van der Waals surface area contributed by atoms with E-state index in [0.29, 0.717) is 0 Å². The lowest BCUT2D eigenvalue weighted by molar-refractivity contribution is 0.0961. The SMILES string of the molecule is CCn1c2c(c3ccccc31)CC(C)N(c1cccnc1)C2=O. The van der Waals surface area contributed by atoms with Crippen molar-refractivity contribution in [1.82, 2.24) is 9.55 Å². The van der Waals surface area contributed by atoms with E-state index < -0.39 is 0 Å². The minimum Gasteiger partial charge on any atom is -0.337 e. The van der Waals surface area contributed by atoms with Crippen LogP contribution in [0.3, 0.4) is 0 Å². The highest BCUT2D eigenvalue weighted by Gasteiger charge is 2.35. The quantitative estimate of drug-likeness (QED) is 0.725. The molecule has 1 aliphatic rings. The molecule has 4 nitrogen and oxygen atoms in total. The number of benzene rings is 1. The Bertz CT molecular complexity index is 882. The fourth-order valence-electron chi connectivity index (χ4n) is 3.72. The number of carbonyl (C=O) groups is 1. The first-order chi connectivity index (χ1) is 11.2. The molecule has 0 bridgehead atoms. The summed E-state index contributed by atoms with van der Waals surface area (Å²) in [4.78, 5) is 19.3. The van der Waals surface area contributed by atoms with E-state index in [2.05, 4.69) is 35.5 Å². The molecule has 1 amide bonds. The number of para-hydroxylation sites is 1. The first kappa shape index (κ1) is 14.0. The molecular formula is C19H19N3O. The van der Waals surface area contributed by atoms with E-state index in [4.69, 9.17) is 0 Å². The molecule has 0 radical (unpaired) electrons. The Morgan fingerprint density at radius 3 is 2.78 bits per heavy atom. The Hall–Kier alpha value is -2.62. The normalized spacial score (nSPS) is 17.6. The Morgan fingerprint density at radius 2 is 2.04 bits per heavy atom. The number of amides is 1. The van der Waals surface area contributed by atoms with Crippen LogP contribution in [0.2, 0.25) is 0 Å². The van der Waals surface area contributed by atoms with E-state index in [1.165, 1.54) is 10.9 Å². The first-order valence-corrected chi connectivity index (χ1v) is 8.06. The van der Waals surface area contributed by atoms with Crippen molar-refractivity contribution >= 4 is 22.5 Å². The maximum atomic E-state index is 13.3. The van der Waals surface area contributed by atoms with Gasteiger partial charge >= 0.3 is 0 Å². The largest absolute Gasteiger partial charge is 0.337 e. The number of fused-ring (bicyclic) bond motifs is 3. The van der Waals surface area contributed by atoms with Crippen molar-refractivity contribution in [3.63, 3.8) is 0 Å². The molecule has 3 aromatic rings. The van der Waals surface area contributed by atoms with Gasteiger partial charge in [-0.1, -0.05) is 18.2 Å². The van der Waals surface area contributed by atoms with Gasteiger partial charge < -0.3 is 9.47 Å². The zero-order valence-electron chi connectivity index (χ0n) is 13.4. The van der Waals surface area contributed by atoms with Crippen LogP contribution in [0.4, 0.5) is 5.69 Å². The summed E-state index contributed by atoms with van der Waals surface area (Å²) < 4.78 is 2.14. The van der Waals surface area contributed by atoms with Gasteiger partial charge in [0.15, 0.2) is 0 Å². The summed E-state index contributed by atoms with van der Waals surface area (Å²) in [7, 11) is 0. The number of pyridine rings is 1. The monoisotopic (exact) mass is 305 g/mol. The molecule has 0 saturated heterocycles. The van der Waals surface area contributed by atoms with E-state index in [-0.39, 0.29) is 11.9 Å². The standard InChI is InChI=1S/C19H19N3O/c1-3-21-17-9-5-4-8-15(17)16-11-13(2)22(19(23)18(16)21)14-7-6-10-20-12-14/h4-10,12-13H,3,11H2,1-2H3. The predicted octanol–water partition coefficient (Wildman–Crippen LogP) is 3.65. The Kier molecular flexibility index (Phi) is 3.18. The van der Waals surface area contributed by atoms with E-state index in [1.807, 2.05) is 29.2 Å². The average molecular weight is 305 g/mol. The van der Waals surface area contributed by atoms with Crippen molar-refractivity contribution in [2.45, 2.75) is 32.9 Å². The molecule has 0 aliphatic carbocycles. The lowest BCUT2D eigenvalue weighted by atomic mass is 9.96. The highest BCUT2D eigenvalue weighted by molar-refractivity contribution is 6.11. The average Bonchev–Trinajstić information content (AvgIpc) is 2.90. The van der Waals surface area contributed by atoms with E-state index in [1.54, 1.807) is 12.4 Å². The molecule has 1 atom stereocenters. The van der Waals surface area contributed by atoms with Crippen molar-refractivity contribution in [2.75, 3.05) is 4.90 Å². The topological polar surface area (TPSA) is 38.1 Å². The Balaban J connectivity index is 1.94. The van der Waals surface area contributed by atoms with Crippen molar-refractivity contribution in [2.24, 2.45) is 0 Å². The van der Waals surface area contributed by atoms with Gasteiger partial charge in [-0.2, -0.15) is 0 Å². The number of aryl methyl sites for hydroxylation is 1. The second kappa shape index (κ2) is 5.23. The van der Waals surface area contributed by atoms with Crippen LogP contribution in [0.25, 0.3) is 10.9 Å². The minimum absolute atomic E-state index is 0.0739. The second-order valence-corrected chi connectivity index (χ2v) is 6.03.